The average Bonchev–Trinajstić information content (AvgIpc) is 1.62. The lowest BCUT2D eigenvalue weighted by molar-refractivity contribution is -0.197. The molecule has 12 aromatic rings. The minimum Gasteiger partial charge on any atom is -0.479 e. The Morgan fingerprint density at radius 3 is 0.723 bits per heavy atom. The third kappa shape index (κ3) is 23.7. The SMILES string of the molecule is CCOC(=O)C(Cc1ccc(C)cc1)(OC[C@H]1O[C@@H](n2cnc3c(N)nc(Cl)nc32)[C@@H](F)[C@@H]1O)C(=O)O.CCOC(=O)C(Cc1ccc(C)cc1)(OC[C@H]1O[C@@H](n2cnc3c(N)nc(Cl)nc32)[C@@H](F)[C@@H]1O)C(=O)O.CCOC(=O)C(Cc1ccc(C)cc1)(OC[C@H]1O[C@@H](n2cnc3c(N)nc(Cl)nc32)[C@@H](F)[C@@H]1O)C(=O)OCC.Cc1ccc(CC(OC[C@H]2O[C@@H](n3cnc4c(N)nc(Cl)nc43)[C@@H](F)[C@@H]2O)(C(=O)O)C(=O)O)cc1. The molecule has 4 aromatic carbocycles. The standard InChI is InChI=1S/C25H29ClFN5O7.2C23H25ClFN5O7.C21H21ClFN5O7/c1-4-36-22(34)25(23(35)37-5-2,10-14-8-6-13(3)7-9-14)38-11-15-18(33)16(27)21(39-15)32-12-29-17-19(28)30-24(26)31-20(17)32;2*1-3-35-21(34)23(20(32)33,8-12-6-4-11(2)5-7-12)36-9-13-16(31)14(25)19(37-13)30-10-27-15-17(26)28-22(24)29-18(15)30;1-9-2-4-10(5-3-9)6-21(18(30)31,19(32)33)34-7-11-14(29)12(23)17(35-11)28-8-25-13-15(24)26-20(22)27-16(13)28/h6-9,12,15-16,18,21,33H,4-5,10-11H2,1-3H3,(H2,28,30,31);2*4-7,10,13-14,16,19,31H,3,8-9H2,1-2H3,(H,32,33)(H2,26,28,29);2-5,8,11-12,14,17,29H,6-7H2,1H3,(H,30,31)(H,32,33)(H2,24,26,27)/t15-,16+,18-,21-;2*13-,14+,16-,19-,23?;11-,12+,14-,17-/m1111/s1. The molecule has 4 saturated heterocycles. The summed E-state index contributed by atoms with van der Waals surface area (Å²) in [7, 11) is 0. The number of aliphatic hydroxyl groups is 4. The first-order chi connectivity index (χ1) is 70.3. The molecular formula is C92H100Cl4F4N20O28. The Balaban J connectivity index is 0.000000165. The molecule has 0 spiro atoms. The van der Waals surface area contributed by atoms with E-state index >= 15 is 17.6 Å². The predicted molar refractivity (Wildman–Crippen MR) is 510 cm³/mol. The Kier molecular flexibility index (Phi) is 35.7. The highest BCUT2D eigenvalue weighted by atomic mass is 35.5. The first kappa shape index (κ1) is 112. The number of ether oxygens (including phenoxy) is 12. The van der Waals surface area contributed by atoms with Crippen molar-refractivity contribution in [3.05, 3.63) is 188 Å². The van der Waals surface area contributed by atoms with E-state index in [1.807, 2.05) is 39.8 Å². The summed E-state index contributed by atoms with van der Waals surface area (Å²) in [6.45, 7) is 10.8. The van der Waals surface area contributed by atoms with Crippen molar-refractivity contribution in [1.29, 1.82) is 0 Å². The molecule has 48 nitrogen and oxygen atoms in total. The highest BCUT2D eigenvalue weighted by molar-refractivity contribution is 6.30. The van der Waals surface area contributed by atoms with Gasteiger partial charge in [-0.2, -0.15) is 39.9 Å². The predicted octanol–water partition coefficient (Wildman–Crippen LogP) is 6.45. The number of benzene rings is 4. The van der Waals surface area contributed by atoms with Gasteiger partial charge in [0.15, 0.2) is 95.5 Å². The number of halogens is 8. The second kappa shape index (κ2) is 47.3. The van der Waals surface area contributed by atoms with Crippen LogP contribution in [0.5, 0.6) is 0 Å². The molecule has 2 unspecified atom stereocenters. The van der Waals surface area contributed by atoms with Crippen molar-refractivity contribution in [2.75, 3.05) is 75.8 Å². The van der Waals surface area contributed by atoms with Crippen LogP contribution in [-0.4, -0.2) is 315 Å². The highest BCUT2D eigenvalue weighted by Gasteiger charge is 2.59. The molecule has 18 atom stereocenters. The van der Waals surface area contributed by atoms with Crippen LogP contribution < -0.4 is 22.9 Å². The summed E-state index contributed by atoms with van der Waals surface area (Å²) in [5.74, 6) is -11.1. The quantitative estimate of drug-likeness (QED) is 0.00659. The second-order valence-corrected chi connectivity index (χ2v) is 35.5. The largest absolute Gasteiger partial charge is 0.479 e. The molecule has 16 rings (SSSR count). The molecule has 12 heterocycles. The second-order valence-electron chi connectivity index (χ2n) is 34.1. The van der Waals surface area contributed by atoms with Gasteiger partial charge in [-0.1, -0.05) is 119 Å². The number of aliphatic hydroxyl groups excluding tert-OH is 4. The van der Waals surface area contributed by atoms with E-state index in [0.29, 0.717) is 22.3 Å². The summed E-state index contributed by atoms with van der Waals surface area (Å²) < 4.78 is 131. The summed E-state index contributed by atoms with van der Waals surface area (Å²) in [6.07, 6.45) is -22.6. The van der Waals surface area contributed by atoms with E-state index in [2.05, 4.69) is 59.8 Å². The van der Waals surface area contributed by atoms with Crippen LogP contribution in [0.3, 0.4) is 0 Å². The number of anilines is 4. The summed E-state index contributed by atoms with van der Waals surface area (Å²) in [5.41, 5.74) is 19.9. The zero-order chi connectivity index (χ0) is 108. The van der Waals surface area contributed by atoms with Crippen LogP contribution in [0.25, 0.3) is 44.7 Å². The fraction of sp³-hybridized carbons (Fsp3) is 0.435. The van der Waals surface area contributed by atoms with Gasteiger partial charge in [-0.15, -0.1) is 0 Å². The smallest absolute Gasteiger partial charge is 0.350 e. The summed E-state index contributed by atoms with van der Waals surface area (Å²) >= 11 is 23.5. The number of hydrogen-bond acceptors (Lipinski definition) is 40. The van der Waals surface area contributed by atoms with Gasteiger partial charge in [0, 0.05) is 25.7 Å². The van der Waals surface area contributed by atoms with Crippen molar-refractivity contribution < 1.29 is 154 Å². The van der Waals surface area contributed by atoms with Crippen LogP contribution in [-0.2, 0) is 121 Å². The molecule has 4 aliphatic rings. The Labute approximate surface area is 855 Å². The summed E-state index contributed by atoms with van der Waals surface area (Å²) in [6, 6.07) is 27.3. The number of aromatic nitrogens is 16. The molecule has 148 heavy (non-hydrogen) atoms. The number of nitrogens with zero attached hydrogens (tertiary/aromatic N) is 16. The van der Waals surface area contributed by atoms with Crippen LogP contribution >= 0.6 is 46.4 Å². The van der Waals surface area contributed by atoms with Gasteiger partial charge in [0.05, 0.1) is 78.2 Å². The number of aryl methyl sites for hydroxylation is 4. The number of rotatable bonds is 36. The fourth-order valence-electron chi connectivity index (χ4n) is 16.1. The lowest BCUT2D eigenvalue weighted by Crippen LogP contribution is -2.54. The van der Waals surface area contributed by atoms with Gasteiger partial charge < -0.3 is 121 Å². The number of carbonyl (C=O) groups excluding carboxylic acids is 4. The van der Waals surface area contributed by atoms with Crippen molar-refractivity contribution in [3.63, 3.8) is 0 Å². The number of carbonyl (C=O) groups is 8. The van der Waals surface area contributed by atoms with Crippen molar-refractivity contribution in [3.8, 4) is 0 Å². The number of fused-ring (bicyclic) bond motifs is 4. The zero-order valence-corrected chi connectivity index (χ0v) is 82.5. The third-order valence-electron chi connectivity index (χ3n) is 24.0. The molecule has 16 N–H and O–H groups in total. The van der Waals surface area contributed by atoms with Gasteiger partial charge in [-0.05, 0) is 124 Å². The number of imidazole rings is 4. The topological polar surface area (TPSA) is 688 Å². The van der Waals surface area contributed by atoms with Gasteiger partial charge in [0.1, 0.15) is 70.9 Å². The summed E-state index contributed by atoms with van der Waals surface area (Å²) in [5, 5.41) is 81.0. The number of aliphatic carboxylic acids is 4. The number of carboxylic acid groups (broad SMARTS) is 4. The van der Waals surface area contributed by atoms with Crippen LogP contribution in [0, 0.1) is 27.7 Å². The number of nitrogen functional groups attached to an aromatic ring is 4. The lowest BCUT2D eigenvalue weighted by Gasteiger charge is -2.30. The van der Waals surface area contributed by atoms with E-state index in [1.165, 1.54) is 52.9 Å². The van der Waals surface area contributed by atoms with E-state index in [1.54, 1.807) is 98.8 Å². The Bertz CT molecular complexity index is 6590. The average molecular weight is 2150 g/mol. The van der Waals surface area contributed by atoms with E-state index in [4.69, 9.17) is 126 Å². The van der Waals surface area contributed by atoms with Crippen LogP contribution in [0.1, 0.15) is 97.1 Å². The van der Waals surface area contributed by atoms with Gasteiger partial charge in [-0.3, -0.25) is 18.3 Å². The summed E-state index contributed by atoms with van der Waals surface area (Å²) in [4.78, 5) is 148. The van der Waals surface area contributed by atoms with Gasteiger partial charge in [0.2, 0.25) is 21.1 Å². The maximum atomic E-state index is 15.3. The molecule has 0 saturated carbocycles. The Morgan fingerprint density at radius 1 is 0.324 bits per heavy atom. The van der Waals surface area contributed by atoms with E-state index in [9.17, 15) is 79.2 Å². The number of nitrogens with two attached hydrogens (primary N) is 4. The Hall–Kier alpha value is -13.6. The monoisotopic (exact) mass is 2150 g/mol. The van der Waals surface area contributed by atoms with Crippen molar-refractivity contribution in [1.82, 2.24) is 78.1 Å². The zero-order valence-electron chi connectivity index (χ0n) is 79.5. The number of alkyl halides is 4. The minimum atomic E-state index is -2.70. The van der Waals surface area contributed by atoms with Crippen LogP contribution in [0.15, 0.2) is 122 Å². The van der Waals surface area contributed by atoms with E-state index in [0.717, 1.165) is 26.8 Å². The number of carboxylic acids is 4. The number of esters is 4. The molecular weight excluding hydrogens is 2050 g/mol. The molecule has 56 heteroatoms. The molecule has 8 aromatic heterocycles. The maximum Gasteiger partial charge on any atom is 0.350 e. The van der Waals surface area contributed by atoms with Crippen molar-refractivity contribution >= 4 is 162 Å². The first-order valence-electron chi connectivity index (χ1n) is 45.2. The molecule has 0 radical (unpaired) electrons. The third-order valence-corrected chi connectivity index (χ3v) is 24.7. The van der Waals surface area contributed by atoms with Crippen molar-refractivity contribution in [2.24, 2.45) is 0 Å². The van der Waals surface area contributed by atoms with Crippen molar-refractivity contribution in [2.45, 2.75) is 202 Å². The number of hydrogen-bond donors (Lipinski definition) is 12. The molecule has 0 aliphatic carbocycles. The van der Waals surface area contributed by atoms with E-state index in [-0.39, 0.29) is 135 Å². The molecule has 0 amide bonds. The van der Waals surface area contributed by atoms with Crippen LogP contribution in [0.4, 0.5) is 40.8 Å². The van der Waals surface area contributed by atoms with Gasteiger partial charge in [-0.25, -0.2) is 75.9 Å². The lowest BCUT2D eigenvalue weighted by atomic mass is 9.93. The van der Waals surface area contributed by atoms with E-state index < -0.39 is 201 Å². The first-order valence-corrected chi connectivity index (χ1v) is 46.7. The normalized spacial score (nSPS) is 22.5. The highest BCUT2D eigenvalue weighted by Crippen LogP contribution is 2.43. The van der Waals surface area contributed by atoms with Crippen LogP contribution in [0.2, 0.25) is 21.1 Å². The molecule has 4 fully saturated rings. The molecule has 4 aliphatic heterocycles. The fourth-order valence-corrected chi connectivity index (χ4v) is 16.8. The van der Waals surface area contributed by atoms with Gasteiger partial charge in [0.25, 0.3) is 22.4 Å². The minimum absolute atomic E-state index is 0.0117. The maximum absolute atomic E-state index is 15.3. The Morgan fingerprint density at radius 2 is 0.514 bits per heavy atom. The molecule has 0 bridgehead atoms. The molecule has 792 valence electrons. The van der Waals surface area contributed by atoms with Gasteiger partial charge >= 0.3 is 47.8 Å².